The topological polar surface area (TPSA) is 70.6 Å². The zero-order valence-corrected chi connectivity index (χ0v) is 13.0. The Labute approximate surface area is 121 Å². The standard InChI is InChI=1S/C14H25N3O2S/c1-15-14(17-13-8-10-20(18,19)11-13)16-9-7-12-5-3-2-4-6-12/h5,13H,2-4,6-11H2,1H3,(H2,15,16,17). The van der Waals surface area contributed by atoms with Gasteiger partial charge in [-0.3, -0.25) is 4.99 Å². The minimum atomic E-state index is -2.84. The van der Waals surface area contributed by atoms with Crippen LogP contribution in [0.1, 0.15) is 38.5 Å². The first-order valence-electron chi connectivity index (χ1n) is 7.44. The summed E-state index contributed by atoms with van der Waals surface area (Å²) in [4.78, 5) is 4.16. The summed E-state index contributed by atoms with van der Waals surface area (Å²) in [6.45, 7) is 0.852. The molecule has 0 amide bonds. The molecule has 6 heteroatoms. The molecule has 1 aliphatic carbocycles. The Balaban J connectivity index is 1.72. The average Bonchev–Trinajstić information content (AvgIpc) is 2.78. The molecular weight excluding hydrogens is 274 g/mol. The van der Waals surface area contributed by atoms with Crippen molar-refractivity contribution in [3.63, 3.8) is 0 Å². The largest absolute Gasteiger partial charge is 0.356 e. The molecule has 2 rings (SSSR count). The fraction of sp³-hybridized carbons (Fsp3) is 0.786. The molecule has 1 heterocycles. The van der Waals surface area contributed by atoms with E-state index in [9.17, 15) is 8.42 Å². The molecule has 0 spiro atoms. The van der Waals surface area contributed by atoms with E-state index in [1.165, 1.54) is 31.3 Å². The predicted molar refractivity (Wildman–Crippen MR) is 82.7 cm³/mol. The third-order valence-corrected chi connectivity index (χ3v) is 5.69. The van der Waals surface area contributed by atoms with Gasteiger partial charge in [-0.25, -0.2) is 8.42 Å². The maximum atomic E-state index is 11.4. The van der Waals surface area contributed by atoms with E-state index in [1.807, 2.05) is 0 Å². The van der Waals surface area contributed by atoms with Gasteiger partial charge in [-0.1, -0.05) is 11.6 Å². The molecule has 2 aliphatic rings. The highest BCUT2D eigenvalue weighted by Crippen LogP contribution is 2.19. The van der Waals surface area contributed by atoms with Crippen molar-refractivity contribution in [3.05, 3.63) is 11.6 Å². The van der Waals surface area contributed by atoms with Crippen molar-refractivity contribution in [2.75, 3.05) is 25.1 Å². The fourth-order valence-electron chi connectivity index (χ4n) is 2.77. The Hall–Kier alpha value is -1.04. The molecule has 20 heavy (non-hydrogen) atoms. The van der Waals surface area contributed by atoms with Crippen molar-refractivity contribution in [3.8, 4) is 0 Å². The fourth-order valence-corrected chi connectivity index (χ4v) is 4.44. The van der Waals surface area contributed by atoms with Crippen molar-refractivity contribution in [1.82, 2.24) is 10.6 Å². The van der Waals surface area contributed by atoms with Crippen LogP contribution in [0, 0.1) is 0 Å². The van der Waals surface area contributed by atoms with Gasteiger partial charge >= 0.3 is 0 Å². The maximum absolute atomic E-state index is 11.4. The lowest BCUT2D eigenvalue weighted by Gasteiger charge is -2.17. The van der Waals surface area contributed by atoms with Crippen LogP contribution in [0.15, 0.2) is 16.6 Å². The summed E-state index contributed by atoms with van der Waals surface area (Å²) >= 11 is 0. The number of guanidine groups is 1. The summed E-state index contributed by atoms with van der Waals surface area (Å²) in [5.41, 5.74) is 1.53. The van der Waals surface area contributed by atoms with Gasteiger partial charge in [0, 0.05) is 19.6 Å². The first kappa shape index (κ1) is 15.4. The van der Waals surface area contributed by atoms with E-state index in [4.69, 9.17) is 0 Å². The van der Waals surface area contributed by atoms with Crippen LogP contribution in [-0.2, 0) is 9.84 Å². The van der Waals surface area contributed by atoms with E-state index < -0.39 is 9.84 Å². The molecular formula is C14H25N3O2S. The van der Waals surface area contributed by atoms with Crippen LogP contribution in [0.5, 0.6) is 0 Å². The molecule has 114 valence electrons. The van der Waals surface area contributed by atoms with Gasteiger partial charge in [-0.15, -0.1) is 0 Å². The van der Waals surface area contributed by atoms with Crippen LogP contribution in [-0.4, -0.2) is 45.5 Å². The number of hydrogen-bond donors (Lipinski definition) is 2. The average molecular weight is 299 g/mol. The van der Waals surface area contributed by atoms with E-state index in [-0.39, 0.29) is 17.5 Å². The van der Waals surface area contributed by atoms with Crippen molar-refractivity contribution >= 4 is 15.8 Å². The number of allylic oxidation sites excluding steroid dienone is 1. The van der Waals surface area contributed by atoms with E-state index >= 15 is 0 Å². The van der Waals surface area contributed by atoms with Crippen molar-refractivity contribution in [2.45, 2.75) is 44.6 Å². The maximum Gasteiger partial charge on any atom is 0.191 e. The van der Waals surface area contributed by atoms with Gasteiger partial charge in [-0.05, 0) is 38.5 Å². The lowest BCUT2D eigenvalue weighted by molar-refractivity contribution is 0.599. The molecule has 1 unspecified atom stereocenters. The number of aliphatic imine (C=N–C) groups is 1. The summed E-state index contributed by atoms with van der Waals surface area (Å²) in [6.07, 6.45) is 9.12. The van der Waals surface area contributed by atoms with Crippen LogP contribution >= 0.6 is 0 Å². The van der Waals surface area contributed by atoms with Crippen molar-refractivity contribution in [2.24, 2.45) is 4.99 Å². The first-order valence-corrected chi connectivity index (χ1v) is 9.27. The van der Waals surface area contributed by atoms with Gasteiger partial charge in [-0.2, -0.15) is 0 Å². The van der Waals surface area contributed by atoms with Gasteiger partial charge in [0.15, 0.2) is 15.8 Å². The summed E-state index contributed by atoms with van der Waals surface area (Å²) in [7, 11) is -1.12. The van der Waals surface area contributed by atoms with Gasteiger partial charge in [0.2, 0.25) is 0 Å². The van der Waals surface area contributed by atoms with E-state index in [1.54, 1.807) is 7.05 Å². The van der Waals surface area contributed by atoms with E-state index in [0.29, 0.717) is 12.4 Å². The van der Waals surface area contributed by atoms with Crippen LogP contribution in [0.25, 0.3) is 0 Å². The molecule has 0 aromatic carbocycles. The zero-order valence-electron chi connectivity index (χ0n) is 12.2. The summed E-state index contributed by atoms with van der Waals surface area (Å²) < 4.78 is 22.8. The third kappa shape index (κ3) is 4.81. The highest BCUT2D eigenvalue weighted by molar-refractivity contribution is 7.91. The molecule has 1 atom stereocenters. The highest BCUT2D eigenvalue weighted by atomic mass is 32.2. The van der Waals surface area contributed by atoms with E-state index in [2.05, 4.69) is 21.7 Å². The monoisotopic (exact) mass is 299 g/mol. The quantitative estimate of drug-likeness (QED) is 0.465. The van der Waals surface area contributed by atoms with Gasteiger partial charge in [0.1, 0.15) is 0 Å². The number of nitrogens with one attached hydrogen (secondary N) is 2. The van der Waals surface area contributed by atoms with Crippen molar-refractivity contribution < 1.29 is 8.42 Å². The minimum absolute atomic E-state index is 0.0000890. The molecule has 2 N–H and O–H groups in total. The SMILES string of the molecule is CN=C(NCCC1=CCCCC1)NC1CCS(=O)(=O)C1. The summed E-state index contributed by atoms with van der Waals surface area (Å²) in [6, 6.07) is 0.0000890. The molecule has 0 saturated carbocycles. The lowest BCUT2D eigenvalue weighted by Crippen LogP contribution is -2.44. The van der Waals surface area contributed by atoms with Gasteiger partial charge in [0.05, 0.1) is 11.5 Å². The second kappa shape index (κ2) is 7.11. The lowest BCUT2D eigenvalue weighted by atomic mass is 9.97. The Morgan fingerprint density at radius 1 is 1.45 bits per heavy atom. The van der Waals surface area contributed by atoms with Crippen molar-refractivity contribution in [1.29, 1.82) is 0 Å². The molecule has 0 radical (unpaired) electrons. The smallest absolute Gasteiger partial charge is 0.191 e. The van der Waals surface area contributed by atoms with Gasteiger partial charge in [0.25, 0.3) is 0 Å². The molecule has 1 saturated heterocycles. The molecule has 1 aliphatic heterocycles. The molecule has 0 aromatic heterocycles. The minimum Gasteiger partial charge on any atom is -0.356 e. The number of rotatable bonds is 4. The second-order valence-electron chi connectivity index (χ2n) is 5.60. The molecule has 0 bridgehead atoms. The zero-order chi connectivity index (χ0) is 14.4. The van der Waals surface area contributed by atoms with Crippen LogP contribution in [0.3, 0.4) is 0 Å². The van der Waals surface area contributed by atoms with Crippen LogP contribution < -0.4 is 10.6 Å². The Bertz CT molecular complexity index is 483. The van der Waals surface area contributed by atoms with E-state index in [0.717, 1.165) is 13.0 Å². The normalized spacial score (nSPS) is 26.1. The van der Waals surface area contributed by atoms with Crippen LogP contribution in [0.2, 0.25) is 0 Å². The molecule has 0 aromatic rings. The highest BCUT2D eigenvalue weighted by Gasteiger charge is 2.28. The first-order chi connectivity index (χ1) is 9.59. The molecule has 1 fully saturated rings. The summed E-state index contributed by atoms with van der Waals surface area (Å²) in [5, 5.41) is 6.47. The molecule has 5 nitrogen and oxygen atoms in total. The Morgan fingerprint density at radius 3 is 2.90 bits per heavy atom. The van der Waals surface area contributed by atoms with Crippen LogP contribution in [0.4, 0.5) is 0 Å². The Kier molecular flexibility index (Phi) is 5.46. The third-order valence-electron chi connectivity index (χ3n) is 3.92. The number of sulfone groups is 1. The summed E-state index contributed by atoms with van der Waals surface area (Å²) in [5.74, 6) is 1.22. The number of nitrogens with zero attached hydrogens (tertiary/aromatic N) is 1. The predicted octanol–water partition coefficient (Wildman–Crippen LogP) is 1.23. The number of hydrogen-bond acceptors (Lipinski definition) is 3. The second-order valence-corrected chi connectivity index (χ2v) is 7.83. The Morgan fingerprint density at radius 2 is 2.30 bits per heavy atom. The van der Waals surface area contributed by atoms with Gasteiger partial charge < -0.3 is 10.6 Å².